The number of nitrogens with two attached hydrogens (primary N) is 1. The third-order valence-corrected chi connectivity index (χ3v) is 5.37. The first kappa shape index (κ1) is 14.7. The van der Waals surface area contributed by atoms with Crippen LogP contribution in [-0.2, 0) is 24.5 Å². The molecule has 9 heteroatoms. The first-order valence-electron chi connectivity index (χ1n) is 6.13. The largest absolute Gasteiger partial charge is 0.379 e. The predicted molar refractivity (Wildman–Crippen MR) is 66.4 cm³/mol. The molecule has 2 fully saturated rings. The Hall–Kier alpha value is -0.740. The lowest BCUT2D eigenvalue weighted by molar-refractivity contribution is -0.148. The van der Waals surface area contributed by atoms with E-state index in [2.05, 4.69) is 0 Å². The summed E-state index contributed by atoms with van der Waals surface area (Å²) >= 11 is 0. The van der Waals surface area contributed by atoms with Gasteiger partial charge in [-0.2, -0.15) is 17.0 Å². The summed E-state index contributed by atoms with van der Waals surface area (Å²) < 4.78 is 38.0. The average Bonchev–Trinajstić information content (AvgIpc) is 2.39. The van der Waals surface area contributed by atoms with Crippen LogP contribution in [0.4, 0.5) is 0 Å². The molecule has 0 aromatic heterocycles. The van der Waals surface area contributed by atoms with Crippen molar-refractivity contribution in [2.75, 3.05) is 46.0 Å². The van der Waals surface area contributed by atoms with Crippen LogP contribution in [0.5, 0.6) is 0 Å². The highest BCUT2D eigenvalue weighted by molar-refractivity contribution is 7.86. The molecule has 0 spiro atoms. The molecule has 0 aliphatic carbocycles. The lowest BCUT2D eigenvalue weighted by Gasteiger charge is -2.40. The number of nitrogens with zero attached hydrogens (tertiary/aromatic N) is 2. The van der Waals surface area contributed by atoms with Crippen molar-refractivity contribution in [2.45, 2.75) is 12.5 Å². The van der Waals surface area contributed by atoms with Gasteiger partial charge < -0.3 is 15.2 Å². The number of primary amides is 1. The second kappa shape index (κ2) is 5.33. The van der Waals surface area contributed by atoms with Gasteiger partial charge in [-0.1, -0.05) is 0 Å². The summed E-state index contributed by atoms with van der Waals surface area (Å²) in [4.78, 5) is 11.4. The molecule has 0 unspecified atom stereocenters. The van der Waals surface area contributed by atoms with Crippen LogP contribution in [0.3, 0.4) is 0 Å². The van der Waals surface area contributed by atoms with E-state index in [1.54, 1.807) is 0 Å². The zero-order valence-corrected chi connectivity index (χ0v) is 11.7. The Labute approximate surface area is 112 Å². The molecule has 0 bridgehead atoms. The Kier molecular flexibility index (Phi) is 4.11. The second-order valence-corrected chi connectivity index (χ2v) is 6.72. The predicted octanol–water partition coefficient (Wildman–Crippen LogP) is -1.86. The summed E-state index contributed by atoms with van der Waals surface area (Å²) in [5.41, 5.74) is 4.00. The maximum Gasteiger partial charge on any atom is 0.282 e. The topological polar surface area (TPSA) is 102 Å². The summed E-state index contributed by atoms with van der Waals surface area (Å²) in [6, 6.07) is 0. The van der Waals surface area contributed by atoms with Crippen molar-refractivity contribution in [1.82, 2.24) is 8.61 Å². The van der Waals surface area contributed by atoms with E-state index >= 15 is 0 Å². The molecule has 2 rings (SSSR count). The Morgan fingerprint density at radius 3 is 2.32 bits per heavy atom. The first-order valence-corrected chi connectivity index (χ1v) is 7.53. The molecule has 1 amide bonds. The maximum atomic E-state index is 12.4. The highest BCUT2D eigenvalue weighted by Gasteiger charge is 2.43. The van der Waals surface area contributed by atoms with Gasteiger partial charge in [-0.05, 0) is 6.92 Å². The van der Waals surface area contributed by atoms with E-state index in [1.807, 2.05) is 0 Å². The molecule has 2 aliphatic rings. The number of amides is 1. The van der Waals surface area contributed by atoms with Crippen molar-refractivity contribution in [2.24, 2.45) is 5.73 Å². The minimum atomic E-state index is -3.59. The molecule has 19 heavy (non-hydrogen) atoms. The van der Waals surface area contributed by atoms with Crippen LogP contribution in [0.2, 0.25) is 0 Å². The van der Waals surface area contributed by atoms with Gasteiger partial charge in [0.1, 0.15) is 0 Å². The highest BCUT2D eigenvalue weighted by atomic mass is 32.2. The molecule has 0 aromatic carbocycles. The number of morpholine rings is 2. The third kappa shape index (κ3) is 2.90. The zero-order chi connectivity index (χ0) is 14.1. The van der Waals surface area contributed by atoms with Gasteiger partial charge in [0.2, 0.25) is 0 Å². The van der Waals surface area contributed by atoms with Crippen molar-refractivity contribution in [3.8, 4) is 0 Å². The van der Waals surface area contributed by atoms with Crippen LogP contribution in [-0.4, -0.2) is 74.5 Å². The molecule has 2 aliphatic heterocycles. The summed E-state index contributed by atoms with van der Waals surface area (Å²) in [5.74, 6) is -0.658. The van der Waals surface area contributed by atoms with Gasteiger partial charge in [-0.15, -0.1) is 0 Å². The monoisotopic (exact) mass is 293 g/mol. The van der Waals surface area contributed by atoms with Crippen LogP contribution < -0.4 is 5.73 Å². The lowest BCUT2D eigenvalue weighted by atomic mass is 10.1. The van der Waals surface area contributed by atoms with Crippen LogP contribution in [0, 0.1) is 0 Å². The van der Waals surface area contributed by atoms with Gasteiger partial charge in [0.25, 0.3) is 16.1 Å². The van der Waals surface area contributed by atoms with E-state index in [-0.39, 0.29) is 19.7 Å². The van der Waals surface area contributed by atoms with Crippen LogP contribution in [0.15, 0.2) is 0 Å². The molecule has 110 valence electrons. The van der Waals surface area contributed by atoms with E-state index in [1.165, 1.54) is 15.5 Å². The highest BCUT2D eigenvalue weighted by Crippen LogP contribution is 2.21. The lowest BCUT2D eigenvalue weighted by Crippen LogP contribution is -2.61. The molecular formula is C10H19N3O5S. The number of carbonyl (C=O) groups excluding carboxylic acids is 1. The minimum absolute atomic E-state index is 0.0535. The maximum absolute atomic E-state index is 12.4. The fraction of sp³-hybridized carbons (Fsp3) is 0.900. The molecule has 0 aromatic rings. The molecule has 1 atom stereocenters. The Morgan fingerprint density at radius 2 is 1.74 bits per heavy atom. The van der Waals surface area contributed by atoms with Crippen molar-refractivity contribution >= 4 is 16.1 Å². The summed E-state index contributed by atoms with van der Waals surface area (Å²) in [7, 11) is -3.59. The number of rotatable bonds is 3. The van der Waals surface area contributed by atoms with Gasteiger partial charge >= 0.3 is 0 Å². The zero-order valence-electron chi connectivity index (χ0n) is 10.9. The smallest absolute Gasteiger partial charge is 0.282 e. The molecule has 0 saturated carbocycles. The van der Waals surface area contributed by atoms with E-state index in [0.717, 1.165) is 0 Å². The molecular weight excluding hydrogens is 274 g/mol. The number of hydrogen-bond acceptors (Lipinski definition) is 5. The van der Waals surface area contributed by atoms with Gasteiger partial charge in [0, 0.05) is 19.6 Å². The van der Waals surface area contributed by atoms with Crippen molar-refractivity contribution in [1.29, 1.82) is 0 Å². The number of carbonyl (C=O) groups is 1. The molecule has 8 nitrogen and oxygen atoms in total. The Morgan fingerprint density at radius 1 is 1.16 bits per heavy atom. The second-order valence-electron chi connectivity index (χ2n) is 4.80. The normalized spacial score (nSPS) is 31.2. The standard InChI is InChI=1S/C10H19N3O5S/c1-10(9(11)14)8-13(4-7-18-10)19(15,16)12-2-5-17-6-3-12/h2-8H2,1H3,(H2,11,14)/t10-/m1/s1. The van der Waals surface area contributed by atoms with E-state index in [4.69, 9.17) is 15.2 Å². The molecule has 0 radical (unpaired) electrons. The van der Waals surface area contributed by atoms with E-state index in [0.29, 0.717) is 26.3 Å². The van der Waals surface area contributed by atoms with Gasteiger partial charge in [0.15, 0.2) is 5.60 Å². The van der Waals surface area contributed by atoms with Crippen molar-refractivity contribution in [3.05, 3.63) is 0 Å². The minimum Gasteiger partial charge on any atom is -0.379 e. The Balaban J connectivity index is 2.14. The molecule has 2 saturated heterocycles. The average molecular weight is 293 g/mol. The summed E-state index contributed by atoms with van der Waals surface area (Å²) in [5, 5.41) is 0. The van der Waals surface area contributed by atoms with E-state index in [9.17, 15) is 13.2 Å². The quantitative estimate of drug-likeness (QED) is 0.657. The molecule has 2 N–H and O–H groups in total. The van der Waals surface area contributed by atoms with Crippen LogP contribution >= 0.6 is 0 Å². The molecule has 2 heterocycles. The van der Waals surface area contributed by atoms with Crippen LogP contribution in [0.1, 0.15) is 6.92 Å². The van der Waals surface area contributed by atoms with Gasteiger partial charge in [0.05, 0.1) is 26.4 Å². The third-order valence-electron chi connectivity index (χ3n) is 3.38. The van der Waals surface area contributed by atoms with Crippen molar-refractivity contribution in [3.63, 3.8) is 0 Å². The van der Waals surface area contributed by atoms with E-state index < -0.39 is 21.7 Å². The fourth-order valence-electron chi connectivity index (χ4n) is 2.12. The van der Waals surface area contributed by atoms with Crippen LogP contribution in [0.25, 0.3) is 0 Å². The Bertz CT molecular complexity index is 448. The first-order chi connectivity index (χ1) is 8.86. The number of ether oxygens (including phenoxy) is 2. The summed E-state index contributed by atoms with van der Waals surface area (Å²) in [6.45, 7) is 3.26. The van der Waals surface area contributed by atoms with Crippen molar-refractivity contribution < 1.29 is 22.7 Å². The SMILES string of the molecule is C[C@]1(C(N)=O)CN(S(=O)(=O)N2CCOCC2)CCO1. The van der Waals surface area contributed by atoms with Gasteiger partial charge in [-0.3, -0.25) is 4.79 Å². The number of hydrogen-bond donors (Lipinski definition) is 1. The fourth-order valence-corrected chi connectivity index (χ4v) is 3.77. The van der Waals surface area contributed by atoms with Gasteiger partial charge in [-0.25, -0.2) is 0 Å². The summed E-state index contributed by atoms with van der Waals surface area (Å²) in [6.07, 6.45) is 0.